The molecular weight excluding hydrogens is 494 g/mol. The molecule has 5 nitrogen and oxygen atoms in total. The first-order valence-corrected chi connectivity index (χ1v) is 12.2. The number of Topliss-reactive ketones (excluding diaryl/α,β-unsaturated/α-hetero) is 1. The van der Waals surface area contributed by atoms with E-state index in [1.54, 1.807) is 60.7 Å². The molecule has 0 heterocycles. The van der Waals surface area contributed by atoms with Crippen molar-refractivity contribution in [1.82, 2.24) is 0 Å². The van der Waals surface area contributed by atoms with Crippen molar-refractivity contribution >= 4 is 36.9 Å². The number of benzene rings is 4. The summed E-state index contributed by atoms with van der Waals surface area (Å²) in [4.78, 5) is 23.4. The van der Waals surface area contributed by atoms with Crippen LogP contribution < -0.4 is 38.6 Å². The molecule has 0 fully saturated rings. The molecule has 8 heteroatoms. The summed E-state index contributed by atoms with van der Waals surface area (Å²) in [5.41, 5.74) is 2.49. The third kappa shape index (κ3) is 7.68. The molecule has 0 aliphatic heterocycles. The molecule has 0 radical (unpaired) electrons. The molecule has 4 aromatic rings. The molecule has 35 heavy (non-hydrogen) atoms. The third-order valence-electron chi connectivity index (χ3n) is 4.81. The van der Waals surface area contributed by atoms with E-state index < -0.39 is 7.82 Å². The molecular formula is C27H21ClNaO5P. The fourth-order valence-electron chi connectivity index (χ4n) is 3.21. The molecule has 172 valence electrons. The molecule has 1 unspecified atom stereocenters. The van der Waals surface area contributed by atoms with Gasteiger partial charge in [0.15, 0.2) is 5.78 Å². The monoisotopic (exact) mass is 514 g/mol. The van der Waals surface area contributed by atoms with Crippen LogP contribution in [-0.2, 0) is 4.57 Å². The molecule has 0 aliphatic rings. The zero-order valence-electron chi connectivity index (χ0n) is 19.9. The Morgan fingerprint density at radius 2 is 1.26 bits per heavy atom. The van der Waals surface area contributed by atoms with Crippen LogP contribution >= 0.6 is 19.4 Å². The Bertz CT molecular complexity index is 1350. The largest absolute Gasteiger partial charge is 1.00 e. The molecule has 1 atom stereocenters. The Morgan fingerprint density at radius 3 is 1.83 bits per heavy atom. The predicted octanol–water partition coefficient (Wildman–Crippen LogP) is 4.44. The van der Waals surface area contributed by atoms with E-state index in [1.165, 1.54) is 12.1 Å². The van der Waals surface area contributed by atoms with Gasteiger partial charge in [0.2, 0.25) is 0 Å². The minimum Gasteiger partial charge on any atom is -1.00 e. The Balaban J connectivity index is 0.00000228. The van der Waals surface area contributed by atoms with Gasteiger partial charge in [0.25, 0.3) is 0 Å². The molecule has 0 spiro atoms. The molecule has 1 N–H and O–H groups in total. The SMILES string of the molecule is O=C(C(=Cc1ccc(Cl)cc1)c1ccccc1)c1ccc(OP(=O)(O)Oc2ccccc2)cc1.[H-].[Na+]. The van der Waals surface area contributed by atoms with Gasteiger partial charge in [0, 0.05) is 16.2 Å². The quantitative estimate of drug-likeness (QED) is 0.124. The number of rotatable bonds is 8. The number of carbonyl (C=O) groups excluding carboxylic acids is 1. The van der Waals surface area contributed by atoms with E-state index >= 15 is 0 Å². The standard InChI is InChI=1S/C27H20ClO5P.Na.H/c28-23-15-11-20(12-16-23)19-26(21-7-3-1-4-8-21)27(29)22-13-17-25(18-14-22)33-34(30,31)32-24-9-5-2-6-10-24;;/h1-19H,(H,30,31);;/q;+1;-1. The van der Waals surface area contributed by atoms with Gasteiger partial charge in [-0.15, -0.1) is 0 Å². The van der Waals surface area contributed by atoms with Crippen LogP contribution in [0.4, 0.5) is 0 Å². The van der Waals surface area contributed by atoms with Crippen molar-refractivity contribution in [3.63, 3.8) is 0 Å². The average molecular weight is 515 g/mol. The number of para-hydroxylation sites is 1. The van der Waals surface area contributed by atoms with Crippen molar-refractivity contribution < 1.29 is 54.3 Å². The van der Waals surface area contributed by atoms with Gasteiger partial charge in [-0.3, -0.25) is 9.69 Å². The van der Waals surface area contributed by atoms with Crippen molar-refractivity contribution in [1.29, 1.82) is 0 Å². The summed E-state index contributed by atoms with van der Waals surface area (Å²) in [6.45, 7) is 0. The van der Waals surface area contributed by atoms with Crippen LogP contribution in [0, 0.1) is 0 Å². The van der Waals surface area contributed by atoms with E-state index in [0.29, 0.717) is 16.2 Å². The first kappa shape index (κ1) is 27.0. The van der Waals surface area contributed by atoms with Gasteiger partial charge in [-0.2, -0.15) is 0 Å². The minimum atomic E-state index is -4.40. The van der Waals surface area contributed by atoms with Crippen molar-refractivity contribution in [2.24, 2.45) is 0 Å². The van der Waals surface area contributed by atoms with Gasteiger partial charge < -0.3 is 10.5 Å². The number of phosphoric acid groups is 1. The summed E-state index contributed by atoms with van der Waals surface area (Å²) in [5, 5.41) is 0.609. The number of hydrogen-bond donors (Lipinski definition) is 1. The van der Waals surface area contributed by atoms with Crippen LogP contribution in [0.5, 0.6) is 11.5 Å². The summed E-state index contributed by atoms with van der Waals surface area (Å²) < 4.78 is 22.5. The Hall–Kier alpha value is -2.63. The number of halogens is 1. The van der Waals surface area contributed by atoms with Crippen molar-refractivity contribution in [2.45, 2.75) is 0 Å². The normalized spacial score (nSPS) is 12.7. The van der Waals surface area contributed by atoms with Crippen LogP contribution in [0.1, 0.15) is 22.9 Å². The zero-order chi connectivity index (χ0) is 24.0. The summed E-state index contributed by atoms with van der Waals surface area (Å²) >= 11 is 5.98. The number of ketones is 1. The molecule has 4 rings (SSSR count). The van der Waals surface area contributed by atoms with Crippen LogP contribution in [0.25, 0.3) is 11.6 Å². The van der Waals surface area contributed by atoms with Crippen molar-refractivity contribution in [3.05, 3.63) is 131 Å². The van der Waals surface area contributed by atoms with Gasteiger partial charge >= 0.3 is 37.4 Å². The molecule has 0 bridgehead atoms. The van der Waals surface area contributed by atoms with E-state index in [-0.39, 0.29) is 48.3 Å². The van der Waals surface area contributed by atoms with Crippen LogP contribution in [0.3, 0.4) is 0 Å². The second-order valence-electron chi connectivity index (χ2n) is 7.29. The molecule has 0 amide bonds. The van der Waals surface area contributed by atoms with Crippen molar-refractivity contribution in [2.75, 3.05) is 0 Å². The smallest absolute Gasteiger partial charge is 1.00 e. The molecule has 0 saturated carbocycles. The second-order valence-corrected chi connectivity index (χ2v) is 9.03. The first-order valence-electron chi connectivity index (χ1n) is 10.3. The minimum absolute atomic E-state index is 0. The first-order chi connectivity index (χ1) is 16.4. The fourth-order valence-corrected chi connectivity index (χ4v) is 4.15. The van der Waals surface area contributed by atoms with E-state index in [0.717, 1.165) is 11.1 Å². The van der Waals surface area contributed by atoms with E-state index in [4.69, 9.17) is 20.6 Å². The number of allylic oxidation sites excluding steroid dienone is 1. The third-order valence-corrected chi connectivity index (χ3v) is 5.95. The van der Waals surface area contributed by atoms with Crippen LogP contribution in [-0.4, -0.2) is 10.7 Å². The fraction of sp³-hybridized carbons (Fsp3) is 0. The molecule has 0 aliphatic carbocycles. The van der Waals surface area contributed by atoms with Crippen LogP contribution in [0.15, 0.2) is 109 Å². The molecule has 0 saturated heterocycles. The summed E-state index contributed by atoms with van der Waals surface area (Å²) in [6.07, 6.45) is 1.80. The van der Waals surface area contributed by atoms with Gasteiger partial charge in [-0.05, 0) is 65.7 Å². The average Bonchev–Trinajstić information content (AvgIpc) is 2.84. The number of carbonyl (C=O) groups is 1. The molecule has 0 aromatic heterocycles. The topological polar surface area (TPSA) is 72.8 Å². The zero-order valence-corrected chi connectivity index (χ0v) is 22.5. The van der Waals surface area contributed by atoms with E-state index in [2.05, 4.69) is 0 Å². The second kappa shape index (κ2) is 12.4. The Morgan fingerprint density at radius 1 is 0.743 bits per heavy atom. The maximum absolute atomic E-state index is 13.4. The summed E-state index contributed by atoms with van der Waals surface area (Å²) in [5.74, 6) is 0.0987. The Labute approximate surface area is 232 Å². The van der Waals surface area contributed by atoms with E-state index in [1.807, 2.05) is 42.5 Å². The van der Waals surface area contributed by atoms with Gasteiger partial charge in [-0.25, -0.2) is 4.57 Å². The Kier molecular flexibility index (Phi) is 9.53. The van der Waals surface area contributed by atoms with Crippen molar-refractivity contribution in [3.8, 4) is 11.5 Å². The summed E-state index contributed by atoms with van der Waals surface area (Å²) in [7, 11) is -4.40. The number of hydrogen-bond acceptors (Lipinski definition) is 4. The van der Waals surface area contributed by atoms with Gasteiger partial charge in [0.05, 0.1) is 0 Å². The number of phosphoric ester groups is 1. The maximum atomic E-state index is 13.4. The van der Waals surface area contributed by atoms with Crippen LogP contribution in [0.2, 0.25) is 5.02 Å². The molecule has 4 aromatic carbocycles. The van der Waals surface area contributed by atoms with E-state index in [9.17, 15) is 14.3 Å². The maximum Gasteiger partial charge on any atom is 1.00 e. The predicted molar refractivity (Wildman–Crippen MR) is 135 cm³/mol. The van der Waals surface area contributed by atoms with Gasteiger partial charge in [-0.1, -0.05) is 72.3 Å². The van der Waals surface area contributed by atoms with Gasteiger partial charge in [0.1, 0.15) is 11.5 Å². The summed E-state index contributed by atoms with van der Waals surface area (Å²) in [6, 6.07) is 30.7.